The molecule has 0 saturated carbocycles. The number of likely N-dealkylation sites (tertiary alicyclic amines) is 1. The van der Waals surface area contributed by atoms with Crippen molar-refractivity contribution in [2.45, 2.75) is 25.3 Å². The van der Waals surface area contributed by atoms with Gasteiger partial charge in [0.2, 0.25) is 0 Å². The first-order valence-electron chi connectivity index (χ1n) is 7.99. The summed E-state index contributed by atoms with van der Waals surface area (Å²) in [5, 5.41) is 3.55. The van der Waals surface area contributed by atoms with Gasteiger partial charge < -0.3 is 10.1 Å². The molecular formula is C17H24N2O. The number of benzene rings is 1. The van der Waals surface area contributed by atoms with Crippen molar-refractivity contribution in [1.29, 1.82) is 0 Å². The summed E-state index contributed by atoms with van der Waals surface area (Å²) in [4.78, 5) is 2.73. The number of hydrogen-bond donors (Lipinski definition) is 1. The molecule has 4 unspecified atom stereocenters. The molecule has 3 heterocycles. The number of nitrogens with one attached hydrogen (secondary N) is 1. The monoisotopic (exact) mass is 272 g/mol. The van der Waals surface area contributed by atoms with Gasteiger partial charge in [0.25, 0.3) is 0 Å². The molecule has 0 amide bonds. The molecule has 0 spiro atoms. The van der Waals surface area contributed by atoms with Crippen LogP contribution in [0.2, 0.25) is 0 Å². The fourth-order valence-corrected chi connectivity index (χ4v) is 4.39. The van der Waals surface area contributed by atoms with E-state index in [0.29, 0.717) is 5.92 Å². The van der Waals surface area contributed by atoms with Crippen LogP contribution >= 0.6 is 0 Å². The highest BCUT2D eigenvalue weighted by molar-refractivity contribution is 5.38. The van der Waals surface area contributed by atoms with Crippen molar-refractivity contribution in [1.82, 2.24) is 10.2 Å². The molecular weight excluding hydrogens is 248 g/mol. The Morgan fingerprint density at radius 1 is 1.30 bits per heavy atom. The molecule has 1 aromatic carbocycles. The molecule has 4 atom stereocenters. The van der Waals surface area contributed by atoms with Crippen LogP contribution in [0.25, 0.3) is 0 Å². The lowest BCUT2D eigenvalue weighted by molar-refractivity contribution is 0.193. The second-order valence-electron chi connectivity index (χ2n) is 6.65. The fraction of sp³-hybridized carbons (Fsp3) is 0.647. The molecule has 0 aromatic heterocycles. The van der Waals surface area contributed by atoms with E-state index in [1.165, 1.54) is 31.7 Å². The van der Waals surface area contributed by atoms with Crippen LogP contribution in [0.5, 0.6) is 5.75 Å². The van der Waals surface area contributed by atoms with E-state index in [1.54, 1.807) is 0 Å². The highest BCUT2D eigenvalue weighted by atomic mass is 16.5. The molecule has 3 nitrogen and oxygen atoms in total. The number of nitrogens with zero attached hydrogens (tertiary/aromatic N) is 1. The van der Waals surface area contributed by atoms with Crippen LogP contribution in [-0.2, 0) is 0 Å². The largest absolute Gasteiger partial charge is 0.493 e. The summed E-state index contributed by atoms with van der Waals surface area (Å²) in [5.74, 6) is 3.50. The van der Waals surface area contributed by atoms with Gasteiger partial charge in [-0.05, 0) is 49.9 Å². The van der Waals surface area contributed by atoms with Crippen molar-refractivity contribution in [2.75, 3.05) is 32.8 Å². The minimum atomic E-state index is 0.647. The van der Waals surface area contributed by atoms with Crippen molar-refractivity contribution in [3.8, 4) is 5.75 Å². The van der Waals surface area contributed by atoms with Crippen LogP contribution in [0.4, 0.5) is 0 Å². The summed E-state index contributed by atoms with van der Waals surface area (Å²) in [6, 6.07) is 9.32. The van der Waals surface area contributed by atoms with Gasteiger partial charge in [0.15, 0.2) is 0 Å². The first kappa shape index (κ1) is 12.7. The predicted octanol–water partition coefficient (Wildman–Crippen LogP) is 2.09. The number of hydrogen-bond acceptors (Lipinski definition) is 3. The lowest BCUT2D eigenvalue weighted by Crippen LogP contribution is -2.37. The summed E-state index contributed by atoms with van der Waals surface area (Å²) >= 11 is 0. The lowest BCUT2D eigenvalue weighted by Gasteiger charge is -2.32. The van der Waals surface area contributed by atoms with Crippen LogP contribution in [0.15, 0.2) is 24.3 Å². The number of rotatable bonds is 2. The maximum atomic E-state index is 5.79. The average Bonchev–Trinajstić information content (AvgIpc) is 3.04. The van der Waals surface area contributed by atoms with E-state index in [4.69, 9.17) is 4.74 Å². The maximum absolute atomic E-state index is 5.79. The van der Waals surface area contributed by atoms with Gasteiger partial charge in [-0.2, -0.15) is 0 Å². The summed E-state index contributed by atoms with van der Waals surface area (Å²) in [7, 11) is 0. The van der Waals surface area contributed by atoms with Crippen molar-refractivity contribution >= 4 is 0 Å². The summed E-state index contributed by atoms with van der Waals surface area (Å²) in [5.41, 5.74) is 1.42. The van der Waals surface area contributed by atoms with Gasteiger partial charge in [-0.25, -0.2) is 0 Å². The van der Waals surface area contributed by atoms with Gasteiger partial charge in [-0.1, -0.05) is 18.2 Å². The minimum Gasteiger partial charge on any atom is -0.493 e. The first-order valence-corrected chi connectivity index (χ1v) is 7.99. The van der Waals surface area contributed by atoms with Gasteiger partial charge in [0, 0.05) is 25.0 Å². The van der Waals surface area contributed by atoms with E-state index in [-0.39, 0.29) is 0 Å². The van der Waals surface area contributed by atoms with Crippen molar-refractivity contribution < 1.29 is 4.74 Å². The SMILES string of the molecule is CC1C2CNCC2CN1CC1CCOc2ccccc21. The zero-order valence-corrected chi connectivity index (χ0v) is 12.2. The van der Waals surface area contributed by atoms with Crippen LogP contribution in [0, 0.1) is 11.8 Å². The molecule has 3 aliphatic heterocycles. The Balaban J connectivity index is 1.50. The number of fused-ring (bicyclic) bond motifs is 2. The molecule has 3 heteroatoms. The lowest BCUT2D eigenvalue weighted by atomic mass is 9.92. The standard InChI is InChI=1S/C17H24N2O/c1-12-16-9-18-8-14(16)11-19(12)10-13-6-7-20-17-5-3-2-4-15(13)17/h2-5,12-14,16,18H,6-11H2,1H3. The van der Waals surface area contributed by atoms with Crippen LogP contribution in [-0.4, -0.2) is 43.7 Å². The minimum absolute atomic E-state index is 0.647. The number of para-hydroxylation sites is 1. The molecule has 4 rings (SSSR count). The first-order chi connectivity index (χ1) is 9.83. The van der Waals surface area contributed by atoms with Crippen molar-refractivity contribution in [2.24, 2.45) is 11.8 Å². The highest BCUT2D eigenvalue weighted by Gasteiger charge is 2.42. The van der Waals surface area contributed by atoms with E-state index in [9.17, 15) is 0 Å². The third kappa shape index (κ3) is 2.04. The van der Waals surface area contributed by atoms with Crippen molar-refractivity contribution in [3.63, 3.8) is 0 Å². The Bertz CT molecular complexity index is 490. The Morgan fingerprint density at radius 3 is 3.10 bits per heavy atom. The van der Waals surface area contributed by atoms with E-state index in [2.05, 4.69) is 41.4 Å². The van der Waals surface area contributed by atoms with Gasteiger partial charge >= 0.3 is 0 Å². The molecule has 2 saturated heterocycles. The molecule has 2 fully saturated rings. The zero-order chi connectivity index (χ0) is 13.5. The van der Waals surface area contributed by atoms with E-state index in [1.807, 2.05) is 0 Å². The molecule has 1 aromatic rings. The third-order valence-corrected chi connectivity index (χ3v) is 5.59. The second kappa shape index (κ2) is 5.05. The van der Waals surface area contributed by atoms with Gasteiger partial charge in [-0.3, -0.25) is 4.90 Å². The molecule has 0 radical (unpaired) electrons. The number of ether oxygens (including phenoxy) is 1. The topological polar surface area (TPSA) is 24.5 Å². The van der Waals surface area contributed by atoms with E-state index < -0.39 is 0 Å². The zero-order valence-electron chi connectivity index (χ0n) is 12.2. The Morgan fingerprint density at radius 2 is 2.20 bits per heavy atom. The smallest absolute Gasteiger partial charge is 0.122 e. The Kier molecular flexibility index (Phi) is 3.20. The van der Waals surface area contributed by atoms with Crippen LogP contribution in [0.1, 0.15) is 24.8 Å². The molecule has 3 aliphatic rings. The van der Waals surface area contributed by atoms with E-state index in [0.717, 1.165) is 36.7 Å². The third-order valence-electron chi connectivity index (χ3n) is 5.59. The normalized spacial score (nSPS) is 36.5. The van der Waals surface area contributed by atoms with Gasteiger partial charge in [0.1, 0.15) is 5.75 Å². The Hall–Kier alpha value is -1.06. The molecule has 20 heavy (non-hydrogen) atoms. The van der Waals surface area contributed by atoms with Gasteiger partial charge in [-0.15, -0.1) is 0 Å². The van der Waals surface area contributed by atoms with Crippen LogP contribution < -0.4 is 10.1 Å². The maximum Gasteiger partial charge on any atom is 0.122 e. The molecule has 1 N–H and O–H groups in total. The summed E-state index contributed by atoms with van der Waals surface area (Å²) in [6.45, 7) is 8.21. The second-order valence-corrected chi connectivity index (χ2v) is 6.65. The fourth-order valence-electron chi connectivity index (χ4n) is 4.39. The molecule has 0 aliphatic carbocycles. The van der Waals surface area contributed by atoms with Gasteiger partial charge in [0.05, 0.1) is 6.61 Å². The quantitative estimate of drug-likeness (QED) is 0.892. The molecule has 0 bridgehead atoms. The van der Waals surface area contributed by atoms with Crippen molar-refractivity contribution in [3.05, 3.63) is 29.8 Å². The summed E-state index contributed by atoms with van der Waals surface area (Å²) in [6.07, 6.45) is 1.16. The summed E-state index contributed by atoms with van der Waals surface area (Å²) < 4.78 is 5.79. The van der Waals surface area contributed by atoms with E-state index >= 15 is 0 Å². The van der Waals surface area contributed by atoms with Crippen LogP contribution in [0.3, 0.4) is 0 Å². The predicted molar refractivity (Wildman–Crippen MR) is 80.2 cm³/mol. The Labute approximate surface area is 121 Å². The highest BCUT2D eigenvalue weighted by Crippen LogP contribution is 2.38. The average molecular weight is 272 g/mol. The molecule has 108 valence electrons.